The van der Waals surface area contributed by atoms with Crippen LogP contribution in [0, 0.1) is 28.7 Å². The van der Waals surface area contributed by atoms with E-state index >= 15 is 0 Å². The number of nitrogens with one attached hydrogen (secondary N) is 1. The Balaban J connectivity index is 1.62. The van der Waals surface area contributed by atoms with Gasteiger partial charge in [-0.15, -0.1) is 0 Å². The molecule has 0 saturated carbocycles. The molecule has 37 heavy (non-hydrogen) atoms. The maximum Gasteiger partial charge on any atom is 0.266 e. The van der Waals surface area contributed by atoms with Crippen LogP contribution in [0.15, 0.2) is 78.4 Å². The van der Waals surface area contributed by atoms with Crippen molar-refractivity contribution in [3.8, 4) is 17.6 Å². The summed E-state index contributed by atoms with van der Waals surface area (Å²) in [5.74, 6) is 0.737. The van der Waals surface area contributed by atoms with E-state index in [9.17, 15) is 10.1 Å². The molecule has 0 radical (unpaired) electrons. The van der Waals surface area contributed by atoms with E-state index < -0.39 is 5.91 Å². The fourth-order valence-electron chi connectivity index (χ4n) is 4.07. The van der Waals surface area contributed by atoms with E-state index in [2.05, 4.69) is 59.1 Å². The standard InChI is InChI=1S/C31H27IN2O3/c1-4-36-29-17-22(15-24(18-33)31(35)34-28-12-8-5-9-21(28)3)16-27(32)30(29)37-19-26-20(2)13-14-23-10-6-7-11-25(23)26/h5-17H,4,19H2,1-3H3,(H,34,35)/b24-15+. The van der Waals surface area contributed by atoms with Crippen LogP contribution in [0.25, 0.3) is 16.8 Å². The Hall–Kier alpha value is -3.83. The van der Waals surface area contributed by atoms with E-state index in [-0.39, 0.29) is 5.57 Å². The topological polar surface area (TPSA) is 71.3 Å². The van der Waals surface area contributed by atoms with Crippen LogP contribution in [0.3, 0.4) is 0 Å². The summed E-state index contributed by atoms with van der Waals surface area (Å²) in [6.07, 6.45) is 1.57. The minimum absolute atomic E-state index is 0.00144. The lowest BCUT2D eigenvalue weighted by Crippen LogP contribution is -2.14. The summed E-state index contributed by atoms with van der Waals surface area (Å²) >= 11 is 2.20. The van der Waals surface area contributed by atoms with Crippen LogP contribution in [-0.4, -0.2) is 12.5 Å². The minimum Gasteiger partial charge on any atom is -0.490 e. The second kappa shape index (κ2) is 11.9. The number of rotatable bonds is 8. The molecule has 0 aliphatic rings. The van der Waals surface area contributed by atoms with Crippen LogP contribution in [0.1, 0.15) is 29.2 Å². The first-order valence-corrected chi connectivity index (χ1v) is 13.0. The van der Waals surface area contributed by atoms with Crippen LogP contribution >= 0.6 is 22.6 Å². The fourth-order valence-corrected chi connectivity index (χ4v) is 4.85. The van der Waals surface area contributed by atoms with Gasteiger partial charge in [-0.3, -0.25) is 4.79 Å². The molecule has 0 spiro atoms. The van der Waals surface area contributed by atoms with Gasteiger partial charge in [0.2, 0.25) is 0 Å². The SMILES string of the molecule is CCOc1cc(/C=C(\C#N)C(=O)Nc2ccccc2C)cc(I)c1OCc1c(C)ccc2ccccc12. The van der Waals surface area contributed by atoms with Crippen molar-refractivity contribution in [2.24, 2.45) is 0 Å². The summed E-state index contributed by atoms with van der Waals surface area (Å²) in [4.78, 5) is 12.8. The maximum absolute atomic E-state index is 12.8. The molecule has 4 rings (SSSR count). The van der Waals surface area contributed by atoms with Gasteiger partial charge in [0.1, 0.15) is 18.2 Å². The zero-order chi connectivity index (χ0) is 26.4. The molecule has 0 aliphatic heterocycles. The number of nitrogens with zero attached hydrogens (tertiary/aromatic N) is 1. The molecule has 186 valence electrons. The third-order valence-corrected chi connectivity index (χ3v) is 6.84. The zero-order valence-electron chi connectivity index (χ0n) is 21.0. The third kappa shape index (κ3) is 6.12. The van der Waals surface area contributed by atoms with Crippen molar-refractivity contribution in [1.29, 1.82) is 5.26 Å². The van der Waals surface area contributed by atoms with E-state index in [1.165, 1.54) is 5.39 Å². The Labute approximate surface area is 230 Å². The van der Waals surface area contributed by atoms with Crippen LogP contribution in [0.5, 0.6) is 11.5 Å². The van der Waals surface area contributed by atoms with Crippen molar-refractivity contribution in [2.75, 3.05) is 11.9 Å². The highest BCUT2D eigenvalue weighted by Crippen LogP contribution is 2.36. The first-order valence-electron chi connectivity index (χ1n) is 12.0. The Morgan fingerprint density at radius 2 is 1.76 bits per heavy atom. The average Bonchev–Trinajstić information content (AvgIpc) is 2.89. The molecule has 0 bridgehead atoms. The van der Waals surface area contributed by atoms with Gasteiger partial charge in [-0.05, 0) is 95.1 Å². The number of fused-ring (bicyclic) bond motifs is 1. The van der Waals surface area contributed by atoms with Crippen LogP contribution in [0.2, 0.25) is 0 Å². The Kier molecular flexibility index (Phi) is 8.47. The second-order valence-electron chi connectivity index (χ2n) is 8.57. The highest BCUT2D eigenvalue weighted by atomic mass is 127. The van der Waals surface area contributed by atoms with Crippen LogP contribution in [-0.2, 0) is 11.4 Å². The summed E-state index contributed by atoms with van der Waals surface area (Å²) < 4.78 is 13.1. The molecule has 0 saturated heterocycles. The van der Waals surface area contributed by atoms with Crippen LogP contribution < -0.4 is 14.8 Å². The summed E-state index contributed by atoms with van der Waals surface area (Å²) in [5, 5.41) is 14.8. The van der Waals surface area contributed by atoms with Gasteiger partial charge in [0.15, 0.2) is 11.5 Å². The van der Waals surface area contributed by atoms with E-state index in [1.54, 1.807) is 12.1 Å². The number of benzene rings is 4. The van der Waals surface area contributed by atoms with Crippen molar-refractivity contribution in [1.82, 2.24) is 0 Å². The number of carbonyl (C=O) groups is 1. The van der Waals surface area contributed by atoms with Crippen molar-refractivity contribution in [2.45, 2.75) is 27.4 Å². The van der Waals surface area contributed by atoms with Crippen molar-refractivity contribution in [3.63, 3.8) is 0 Å². The summed E-state index contributed by atoms with van der Waals surface area (Å²) in [7, 11) is 0. The number of aryl methyl sites for hydroxylation is 2. The largest absolute Gasteiger partial charge is 0.490 e. The number of anilines is 1. The predicted octanol–water partition coefficient (Wildman–Crippen LogP) is 7.58. The van der Waals surface area contributed by atoms with Gasteiger partial charge in [0, 0.05) is 11.3 Å². The number of halogens is 1. The van der Waals surface area contributed by atoms with E-state index in [1.807, 2.05) is 62.4 Å². The normalized spacial score (nSPS) is 11.2. The van der Waals surface area contributed by atoms with Gasteiger partial charge < -0.3 is 14.8 Å². The van der Waals surface area contributed by atoms with Crippen molar-refractivity contribution in [3.05, 3.63) is 104 Å². The molecule has 0 aromatic heterocycles. The number of para-hydroxylation sites is 1. The molecular weight excluding hydrogens is 575 g/mol. The quantitative estimate of drug-likeness (QED) is 0.128. The molecule has 0 heterocycles. The number of hydrogen-bond acceptors (Lipinski definition) is 4. The van der Waals surface area contributed by atoms with E-state index in [4.69, 9.17) is 9.47 Å². The molecule has 0 aliphatic carbocycles. The smallest absolute Gasteiger partial charge is 0.266 e. The van der Waals surface area contributed by atoms with Crippen molar-refractivity contribution < 1.29 is 14.3 Å². The van der Waals surface area contributed by atoms with E-state index in [0.29, 0.717) is 36.0 Å². The van der Waals surface area contributed by atoms with Gasteiger partial charge in [0.25, 0.3) is 5.91 Å². The fraction of sp³-hybridized carbons (Fsp3) is 0.161. The number of hydrogen-bond donors (Lipinski definition) is 1. The molecule has 4 aromatic rings. The molecule has 4 aromatic carbocycles. The lowest BCUT2D eigenvalue weighted by Gasteiger charge is -2.17. The highest BCUT2D eigenvalue weighted by Gasteiger charge is 2.16. The van der Waals surface area contributed by atoms with Crippen molar-refractivity contribution >= 4 is 51.0 Å². The Morgan fingerprint density at radius 3 is 2.51 bits per heavy atom. The highest BCUT2D eigenvalue weighted by molar-refractivity contribution is 14.1. The maximum atomic E-state index is 12.8. The molecule has 5 nitrogen and oxygen atoms in total. The summed E-state index contributed by atoms with van der Waals surface area (Å²) in [6.45, 7) is 6.73. The Morgan fingerprint density at radius 1 is 1.00 bits per heavy atom. The first-order chi connectivity index (χ1) is 17.9. The molecule has 1 amide bonds. The predicted molar refractivity (Wildman–Crippen MR) is 157 cm³/mol. The Bertz CT molecular complexity index is 1540. The van der Waals surface area contributed by atoms with E-state index in [0.717, 1.165) is 25.6 Å². The second-order valence-corrected chi connectivity index (χ2v) is 9.73. The van der Waals surface area contributed by atoms with Crippen LogP contribution in [0.4, 0.5) is 5.69 Å². The van der Waals surface area contributed by atoms with Gasteiger partial charge in [-0.2, -0.15) is 5.26 Å². The van der Waals surface area contributed by atoms with Gasteiger partial charge in [0.05, 0.1) is 10.2 Å². The number of nitriles is 1. The molecule has 0 fully saturated rings. The molecule has 0 unspecified atom stereocenters. The minimum atomic E-state index is -0.462. The lowest BCUT2D eigenvalue weighted by atomic mass is 10.0. The first kappa shape index (κ1) is 26.2. The zero-order valence-corrected chi connectivity index (χ0v) is 23.1. The van der Waals surface area contributed by atoms with Gasteiger partial charge in [-0.25, -0.2) is 0 Å². The molecule has 6 heteroatoms. The molecule has 0 atom stereocenters. The summed E-state index contributed by atoms with van der Waals surface area (Å²) in [5.41, 5.74) is 4.55. The number of ether oxygens (including phenoxy) is 2. The monoisotopic (exact) mass is 602 g/mol. The average molecular weight is 602 g/mol. The lowest BCUT2D eigenvalue weighted by molar-refractivity contribution is -0.112. The van der Waals surface area contributed by atoms with Gasteiger partial charge in [-0.1, -0.05) is 54.6 Å². The molecule has 1 N–H and O–H groups in total. The number of carbonyl (C=O) groups excluding carboxylic acids is 1. The summed E-state index contributed by atoms with van der Waals surface area (Å²) in [6, 6.07) is 25.6. The molecular formula is C31H27IN2O3. The number of amides is 1. The third-order valence-electron chi connectivity index (χ3n) is 6.04. The van der Waals surface area contributed by atoms with Gasteiger partial charge >= 0.3 is 0 Å².